The van der Waals surface area contributed by atoms with Crippen LogP contribution < -0.4 is 15.8 Å². The number of nitrogens with two attached hydrogens (primary N) is 1. The summed E-state index contributed by atoms with van der Waals surface area (Å²) in [5.74, 6) is -1.54. The van der Waals surface area contributed by atoms with Gasteiger partial charge in [-0.3, -0.25) is 9.20 Å². The molecule has 0 saturated heterocycles. The number of nitrogen functional groups attached to an aromatic ring is 1. The number of aryl methyl sites for hydroxylation is 1. The average molecular weight is 506 g/mol. The van der Waals surface area contributed by atoms with Gasteiger partial charge in [-0.1, -0.05) is 11.6 Å². The number of aliphatic hydroxyl groups is 2. The highest BCUT2D eigenvalue weighted by atomic mass is 35.5. The zero-order chi connectivity index (χ0) is 25.7. The largest absolute Gasteiger partial charge is 0.490 e. The second-order valence-corrected chi connectivity index (χ2v) is 9.70. The maximum absolute atomic E-state index is 15.4. The Bertz CT molecular complexity index is 1290. The number of aromatic nitrogens is 3. The molecule has 5 N–H and O–H groups in total. The maximum Gasteiger partial charge on any atom is 0.258 e. The van der Waals surface area contributed by atoms with E-state index in [1.54, 1.807) is 31.4 Å². The molecule has 3 atom stereocenters. The minimum Gasteiger partial charge on any atom is -0.490 e. The lowest BCUT2D eigenvalue weighted by Crippen LogP contribution is -2.40. The number of nitrogens with one attached hydrogen (secondary N) is 1. The van der Waals surface area contributed by atoms with Crippen molar-refractivity contribution < 1.29 is 24.1 Å². The molecular formula is C24H29ClFN5O4. The lowest BCUT2D eigenvalue weighted by molar-refractivity contribution is 0.0821. The number of carbonyl (C=O) groups is 1. The number of aliphatic hydroxyl groups excluding tert-OH is 1. The number of hydrogen-bond acceptors (Lipinski definition) is 7. The van der Waals surface area contributed by atoms with E-state index >= 15 is 4.39 Å². The van der Waals surface area contributed by atoms with Crippen LogP contribution in [-0.2, 0) is 5.60 Å². The summed E-state index contributed by atoms with van der Waals surface area (Å²) in [5.41, 5.74) is 4.79. The van der Waals surface area contributed by atoms with Crippen molar-refractivity contribution in [3.8, 4) is 5.75 Å². The molecule has 1 aromatic carbocycles. The Hall–Kier alpha value is -2.95. The van der Waals surface area contributed by atoms with Crippen LogP contribution in [0.5, 0.6) is 5.75 Å². The number of amides is 1. The summed E-state index contributed by atoms with van der Waals surface area (Å²) < 4.78 is 22.9. The number of carbonyl (C=O) groups excluding carboxylic acids is 1. The summed E-state index contributed by atoms with van der Waals surface area (Å²) in [5, 5.41) is 24.3. The van der Waals surface area contributed by atoms with Gasteiger partial charge in [-0.25, -0.2) is 14.4 Å². The van der Waals surface area contributed by atoms with Crippen LogP contribution in [0.25, 0.3) is 5.52 Å². The van der Waals surface area contributed by atoms with E-state index in [1.807, 2.05) is 0 Å². The van der Waals surface area contributed by atoms with Crippen LogP contribution in [0, 0.1) is 12.7 Å². The van der Waals surface area contributed by atoms with Crippen molar-refractivity contribution in [3.63, 3.8) is 0 Å². The monoisotopic (exact) mass is 505 g/mol. The number of fused-ring (bicyclic) bond motifs is 1. The van der Waals surface area contributed by atoms with Crippen molar-refractivity contribution >= 4 is 28.8 Å². The summed E-state index contributed by atoms with van der Waals surface area (Å²) in [4.78, 5) is 21.9. The standard InChI is InChI=1S/C24H29ClFN5O4/c1-11(2)35-20-13(24(4,34)23-29-12(3)19-21(27)28-8-9-31(19)23)10-14(25)18(26)17(20)22(33)30-15-6-5-7-16(15)32/h8-11,15-16,32,34H,5-7H2,1-4H3,(H2,27,28)(H,30,33)/t15-,16-,24+/m1/s1. The van der Waals surface area contributed by atoms with Crippen molar-refractivity contribution in [1.82, 2.24) is 19.7 Å². The number of benzene rings is 1. The SMILES string of the molecule is Cc1nc([C@@](C)(O)c2cc(Cl)c(F)c(C(=O)N[C@@H]3CCC[C@H]3O)c2OC(C)C)n2ccnc(N)c12. The molecule has 0 aliphatic heterocycles. The van der Waals surface area contributed by atoms with E-state index in [1.165, 1.54) is 19.2 Å². The zero-order valence-corrected chi connectivity index (χ0v) is 20.7. The van der Waals surface area contributed by atoms with Gasteiger partial charge in [0.05, 0.1) is 29.0 Å². The fourth-order valence-electron chi connectivity index (χ4n) is 4.59. The van der Waals surface area contributed by atoms with Crippen molar-refractivity contribution in [2.24, 2.45) is 0 Å². The molecule has 1 fully saturated rings. The first kappa shape index (κ1) is 25.2. The topological polar surface area (TPSA) is 135 Å². The molecule has 188 valence electrons. The first-order valence-corrected chi connectivity index (χ1v) is 11.8. The minimum absolute atomic E-state index is 0.0528. The Kier molecular flexibility index (Phi) is 6.65. The molecule has 4 rings (SSSR count). The van der Waals surface area contributed by atoms with Gasteiger partial charge in [0, 0.05) is 18.0 Å². The number of hydrogen-bond donors (Lipinski definition) is 4. The van der Waals surface area contributed by atoms with Crippen molar-refractivity contribution in [1.29, 1.82) is 0 Å². The molecule has 3 aromatic rings. The Balaban J connectivity index is 1.92. The second-order valence-electron chi connectivity index (χ2n) is 9.29. The highest BCUT2D eigenvalue weighted by Gasteiger charge is 2.39. The van der Waals surface area contributed by atoms with Gasteiger partial charge in [-0.15, -0.1) is 0 Å². The third-order valence-corrected chi connectivity index (χ3v) is 6.54. The van der Waals surface area contributed by atoms with Gasteiger partial charge in [-0.2, -0.15) is 0 Å². The number of ether oxygens (including phenoxy) is 1. The Morgan fingerprint density at radius 2 is 2.14 bits per heavy atom. The van der Waals surface area contributed by atoms with Gasteiger partial charge in [0.25, 0.3) is 5.91 Å². The summed E-state index contributed by atoms with van der Waals surface area (Å²) in [6, 6.07) is 0.711. The molecule has 1 aliphatic rings. The van der Waals surface area contributed by atoms with E-state index in [2.05, 4.69) is 15.3 Å². The van der Waals surface area contributed by atoms with Crippen LogP contribution in [0.2, 0.25) is 5.02 Å². The molecule has 1 aliphatic carbocycles. The average Bonchev–Trinajstić information content (AvgIpc) is 3.34. The molecule has 2 heterocycles. The molecule has 0 bridgehead atoms. The molecular weight excluding hydrogens is 477 g/mol. The Morgan fingerprint density at radius 3 is 2.77 bits per heavy atom. The lowest BCUT2D eigenvalue weighted by Gasteiger charge is -2.28. The van der Waals surface area contributed by atoms with Crippen LogP contribution in [-0.4, -0.2) is 48.7 Å². The molecule has 0 spiro atoms. The van der Waals surface area contributed by atoms with Gasteiger partial charge in [0.15, 0.2) is 5.82 Å². The number of imidazole rings is 1. The van der Waals surface area contributed by atoms with E-state index in [-0.39, 0.29) is 28.0 Å². The first-order chi connectivity index (χ1) is 16.4. The Morgan fingerprint density at radius 1 is 1.43 bits per heavy atom. The number of rotatable bonds is 6. The summed E-state index contributed by atoms with van der Waals surface area (Å²) in [7, 11) is 0. The van der Waals surface area contributed by atoms with Gasteiger partial charge < -0.3 is 26.0 Å². The molecule has 35 heavy (non-hydrogen) atoms. The minimum atomic E-state index is -1.88. The van der Waals surface area contributed by atoms with Crippen LogP contribution in [0.4, 0.5) is 10.2 Å². The molecule has 9 nitrogen and oxygen atoms in total. The predicted molar refractivity (Wildman–Crippen MR) is 129 cm³/mol. The summed E-state index contributed by atoms with van der Waals surface area (Å²) in [6.07, 6.45) is 3.72. The zero-order valence-electron chi connectivity index (χ0n) is 20.0. The van der Waals surface area contributed by atoms with Crippen LogP contribution in [0.3, 0.4) is 0 Å². The highest BCUT2D eigenvalue weighted by molar-refractivity contribution is 6.31. The van der Waals surface area contributed by atoms with E-state index in [0.29, 0.717) is 24.1 Å². The highest BCUT2D eigenvalue weighted by Crippen LogP contribution is 2.42. The third kappa shape index (κ3) is 4.41. The number of nitrogens with zero attached hydrogens (tertiary/aromatic N) is 3. The molecule has 1 saturated carbocycles. The van der Waals surface area contributed by atoms with E-state index < -0.39 is 41.1 Å². The molecule has 0 radical (unpaired) electrons. The third-order valence-electron chi connectivity index (χ3n) is 6.27. The number of anilines is 1. The molecule has 2 aromatic heterocycles. The molecule has 11 heteroatoms. The van der Waals surface area contributed by atoms with Crippen LogP contribution in [0.1, 0.15) is 67.5 Å². The smallest absolute Gasteiger partial charge is 0.258 e. The molecule has 0 unspecified atom stereocenters. The quantitative estimate of drug-likeness (QED) is 0.404. The van der Waals surface area contributed by atoms with Gasteiger partial charge in [0.2, 0.25) is 0 Å². The summed E-state index contributed by atoms with van der Waals surface area (Å²) >= 11 is 6.23. The molecule has 1 amide bonds. The van der Waals surface area contributed by atoms with Crippen molar-refractivity contribution in [3.05, 3.63) is 51.9 Å². The summed E-state index contributed by atoms with van der Waals surface area (Å²) in [6.45, 7) is 6.61. The normalized spacial score (nSPS) is 19.8. The second kappa shape index (κ2) is 9.25. The Labute approximate surface area is 207 Å². The first-order valence-electron chi connectivity index (χ1n) is 11.4. The van der Waals surface area contributed by atoms with Crippen molar-refractivity contribution in [2.45, 2.75) is 70.8 Å². The van der Waals surface area contributed by atoms with Crippen LogP contribution in [0.15, 0.2) is 18.5 Å². The van der Waals surface area contributed by atoms with Gasteiger partial charge in [-0.05, 0) is 53.0 Å². The number of halogens is 2. The van der Waals surface area contributed by atoms with Gasteiger partial charge in [0.1, 0.15) is 34.1 Å². The van der Waals surface area contributed by atoms with E-state index in [4.69, 9.17) is 22.1 Å². The lowest BCUT2D eigenvalue weighted by atomic mass is 9.91. The van der Waals surface area contributed by atoms with Crippen molar-refractivity contribution in [2.75, 3.05) is 5.73 Å². The van der Waals surface area contributed by atoms with E-state index in [0.717, 1.165) is 6.42 Å². The fourth-order valence-corrected chi connectivity index (χ4v) is 4.79. The predicted octanol–water partition coefficient (Wildman–Crippen LogP) is 3.10. The van der Waals surface area contributed by atoms with Crippen LogP contribution >= 0.6 is 11.6 Å². The maximum atomic E-state index is 15.4. The fraction of sp³-hybridized carbons (Fsp3) is 0.458. The van der Waals surface area contributed by atoms with Gasteiger partial charge >= 0.3 is 0 Å². The van der Waals surface area contributed by atoms with E-state index in [9.17, 15) is 15.0 Å².